The highest BCUT2D eigenvalue weighted by molar-refractivity contribution is 5.94. The number of anilines is 1. The van der Waals surface area contributed by atoms with Crippen LogP contribution in [0.2, 0.25) is 0 Å². The molecule has 4 heteroatoms. The minimum absolute atomic E-state index is 0.274. The van der Waals surface area contributed by atoms with Gasteiger partial charge in [0.15, 0.2) is 6.10 Å². The van der Waals surface area contributed by atoms with Crippen LogP contribution in [0.5, 0.6) is 5.75 Å². The van der Waals surface area contributed by atoms with Crippen molar-refractivity contribution in [3.63, 3.8) is 0 Å². The normalized spacial score (nSPS) is 11.8. The summed E-state index contributed by atoms with van der Waals surface area (Å²) in [5.41, 5.74) is 2.51. The highest BCUT2D eigenvalue weighted by Gasteiger charge is 2.16. The number of para-hydroxylation sites is 1. The minimum Gasteiger partial charge on any atom is -0.480 e. The summed E-state index contributed by atoms with van der Waals surface area (Å²) in [5, 5.41) is 2.70. The molecule has 0 saturated heterocycles. The third-order valence-corrected chi connectivity index (χ3v) is 3.18. The molecule has 0 heterocycles. The molecule has 110 valence electrons. The molecular formula is C17H18FNO2. The van der Waals surface area contributed by atoms with Crippen LogP contribution >= 0.6 is 0 Å². The van der Waals surface area contributed by atoms with Crippen molar-refractivity contribution >= 4 is 11.6 Å². The predicted octanol–water partition coefficient (Wildman–Crippen LogP) is 3.85. The first-order valence-corrected chi connectivity index (χ1v) is 6.76. The van der Waals surface area contributed by atoms with Crippen LogP contribution in [0, 0.1) is 19.7 Å². The van der Waals surface area contributed by atoms with Gasteiger partial charge in [0, 0.05) is 5.69 Å². The smallest absolute Gasteiger partial charge is 0.265 e. The SMILES string of the molecule is Cc1cccc(C)c1O[C@@H](C)C(=O)Nc1ccc(F)cc1. The molecule has 0 aliphatic rings. The number of carbonyl (C=O) groups excluding carboxylic acids is 1. The fourth-order valence-electron chi connectivity index (χ4n) is 1.99. The Kier molecular flexibility index (Phi) is 4.58. The molecule has 1 N–H and O–H groups in total. The van der Waals surface area contributed by atoms with Crippen molar-refractivity contribution in [2.75, 3.05) is 5.32 Å². The fraction of sp³-hybridized carbons (Fsp3) is 0.235. The number of hydrogen-bond donors (Lipinski definition) is 1. The van der Waals surface area contributed by atoms with E-state index in [-0.39, 0.29) is 11.7 Å². The van der Waals surface area contributed by atoms with Crippen molar-refractivity contribution in [2.24, 2.45) is 0 Å². The number of benzene rings is 2. The van der Waals surface area contributed by atoms with Crippen molar-refractivity contribution in [2.45, 2.75) is 26.9 Å². The van der Waals surface area contributed by atoms with E-state index in [2.05, 4.69) is 5.32 Å². The van der Waals surface area contributed by atoms with Crippen molar-refractivity contribution in [3.05, 3.63) is 59.4 Å². The fourth-order valence-corrected chi connectivity index (χ4v) is 1.99. The van der Waals surface area contributed by atoms with Crippen molar-refractivity contribution in [1.82, 2.24) is 0 Å². The molecule has 0 aliphatic carbocycles. The molecule has 0 spiro atoms. The molecular weight excluding hydrogens is 269 g/mol. The van der Waals surface area contributed by atoms with Gasteiger partial charge in [0.05, 0.1) is 0 Å². The summed E-state index contributed by atoms with van der Waals surface area (Å²) in [7, 11) is 0. The van der Waals surface area contributed by atoms with Crippen LogP contribution in [-0.2, 0) is 4.79 Å². The maximum atomic E-state index is 12.8. The summed E-state index contributed by atoms with van der Waals surface area (Å²) < 4.78 is 18.6. The number of carbonyl (C=O) groups is 1. The van der Waals surface area contributed by atoms with Gasteiger partial charge in [-0.3, -0.25) is 4.79 Å². The summed E-state index contributed by atoms with van der Waals surface area (Å²) in [4.78, 5) is 12.1. The summed E-state index contributed by atoms with van der Waals surface area (Å²) in [6.07, 6.45) is -0.644. The van der Waals surface area contributed by atoms with Crippen LogP contribution < -0.4 is 10.1 Å². The Morgan fingerprint density at radius 3 is 2.24 bits per heavy atom. The zero-order valence-corrected chi connectivity index (χ0v) is 12.3. The van der Waals surface area contributed by atoms with E-state index in [1.165, 1.54) is 24.3 Å². The number of halogens is 1. The molecule has 3 nitrogen and oxygen atoms in total. The van der Waals surface area contributed by atoms with Gasteiger partial charge in [-0.1, -0.05) is 18.2 Å². The first kappa shape index (κ1) is 15.0. The molecule has 1 amide bonds. The number of amides is 1. The number of ether oxygens (including phenoxy) is 1. The molecule has 0 radical (unpaired) electrons. The number of hydrogen-bond acceptors (Lipinski definition) is 2. The second kappa shape index (κ2) is 6.39. The Balaban J connectivity index is 2.04. The number of nitrogens with one attached hydrogen (secondary N) is 1. The van der Waals surface area contributed by atoms with E-state index in [4.69, 9.17) is 4.74 Å². The van der Waals surface area contributed by atoms with Crippen LogP contribution in [0.1, 0.15) is 18.1 Å². The Labute approximate surface area is 123 Å². The van der Waals surface area contributed by atoms with E-state index in [0.29, 0.717) is 5.69 Å². The Hall–Kier alpha value is -2.36. The van der Waals surface area contributed by atoms with E-state index in [1.54, 1.807) is 6.92 Å². The van der Waals surface area contributed by atoms with Crippen molar-refractivity contribution < 1.29 is 13.9 Å². The van der Waals surface area contributed by atoms with Crippen LogP contribution in [0.4, 0.5) is 10.1 Å². The molecule has 0 aliphatic heterocycles. The van der Waals surface area contributed by atoms with Crippen LogP contribution in [-0.4, -0.2) is 12.0 Å². The van der Waals surface area contributed by atoms with Gasteiger partial charge in [-0.15, -0.1) is 0 Å². The summed E-state index contributed by atoms with van der Waals surface area (Å²) in [6.45, 7) is 5.56. The minimum atomic E-state index is -0.644. The third-order valence-electron chi connectivity index (χ3n) is 3.18. The van der Waals surface area contributed by atoms with Crippen molar-refractivity contribution in [1.29, 1.82) is 0 Å². The molecule has 0 fully saturated rings. The molecule has 0 aromatic heterocycles. The van der Waals surface area contributed by atoms with Crippen molar-refractivity contribution in [3.8, 4) is 5.75 Å². The van der Waals surface area contributed by atoms with E-state index in [1.807, 2.05) is 32.0 Å². The van der Waals surface area contributed by atoms with E-state index < -0.39 is 6.10 Å². The standard InChI is InChI=1S/C17H18FNO2/c1-11-5-4-6-12(2)16(11)21-13(3)17(20)19-15-9-7-14(18)8-10-15/h4-10,13H,1-3H3,(H,19,20)/t13-/m0/s1. The first-order valence-electron chi connectivity index (χ1n) is 6.76. The second-order valence-corrected chi connectivity index (χ2v) is 4.98. The summed E-state index contributed by atoms with van der Waals surface area (Å²) in [6, 6.07) is 11.4. The zero-order valence-electron chi connectivity index (χ0n) is 12.3. The second-order valence-electron chi connectivity index (χ2n) is 4.98. The lowest BCUT2D eigenvalue weighted by Gasteiger charge is -2.18. The van der Waals surface area contributed by atoms with E-state index >= 15 is 0 Å². The Bertz CT molecular complexity index is 617. The maximum absolute atomic E-state index is 12.8. The van der Waals surface area contributed by atoms with Gasteiger partial charge in [0.2, 0.25) is 0 Å². The molecule has 0 unspecified atom stereocenters. The molecule has 2 rings (SSSR count). The van der Waals surface area contributed by atoms with Crippen LogP contribution in [0.15, 0.2) is 42.5 Å². The van der Waals surface area contributed by atoms with Gasteiger partial charge in [0.25, 0.3) is 5.91 Å². The van der Waals surface area contributed by atoms with Gasteiger partial charge in [-0.05, 0) is 56.2 Å². The monoisotopic (exact) mass is 287 g/mol. The van der Waals surface area contributed by atoms with Crippen LogP contribution in [0.3, 0.4) is 0 Å². The van der Waals surface area contributed by atoms with E-state index in [9.17, 15) is 9.18 Å². The number of rotatable bonds is 4. The highest BCUT2D eigenvalue weighted by Crippen LogP contribution is 2.23. The van der Waals surface area contributed by atoms with Gasteiger partial charge in [-0.2, -0.15) is 0 Å². The first-order chi connectivity index (χ1) is 9.97. The average Bonchev–Trinajstić information content (AvgIpc) is 2.45. The lowest BCUT2D eigenvalue weighted by molar-refractivity contribution is -0.122. The van der Waals surface area contributed by atoms with Crippen LogP contribution in [0.25, 0.3) is 0 Å². The quantitative estimate of drug-likeness (QED) is 0.927. The zero-order chi connectivity index (χ0) is 15.4. The Morgan fingerprint density at radius 1 is 1.10 bits per heavy atom. The van der Waals surface area contributed by atoms with Gasteiger partial charge < -0.3 is 10.1 Å². The molecule has 1 atom stereocenters. The Morgan fingerprint density at radius 2 is 1.67 bits per heavy atom. The van der Waals surface area contributed by atoms with Gasteiger partial charge in [0.1, 0.15) is 11.6 Å². The van der Waals surface area contributed by atoms with E-state index in [0.717, 1.165) is 16.9 Å². The summed E-state index contributed by atoms with van der Waals surface area (Å²) in [5.74, 6) is 0.108. The highest BCUT2D eigenvalue weighted by atomic mass is 19.1. The molecule has 0 bridgehead atoms. The molecule has 2 aromatic rings. The maximum Gasteiger partial charge on any atom is 0.265 e. The molecule has 2 aromatic carbocycles. The average molecular weight is 287 g/mol. The van der Waals surface area contributed by atoms with Gasteiger partial charge >= 0.3 is 0 Å². The number of aryl methyl sites for hydroxylation is 2. The largest absolute Gasteiger partial charge is 0.480 e. The lowest BCUT2D eigenvalue weighted by Crippen LogP contribution is -2.30. The topological polar surface area (TPSA) is 38.3 Å². The third kappa shape index (κ3) is 3.81. The molecule has 21 heavy (non-hydrogen) atoms. The van der Waals surface area contributed by atoms with Gasteiger partial charge in [-0.25, -0.2) is 4.39 Å². The molecule has 0 saturated carbocycles. The lowest BCUT2D eigenvalue weighted by atomic mass is 10.1. The summed E-state index contributed by atoms with van der Waals surface area (Å²) >= 11 is 0. The predicted molar refractivity (Wildman–Crippen MR) is 81.0 cm³/mol.